The van der Waals surface area contributed by atoms with Crippen LogP contribution in [0.3, 0.4) is 0 Å². The molecule has 0 amide bonds. The molecule has 2 saturated heterocycles. The van der Waals surface area contributed by atoms with Crippen LogP contribution in [0, 0.1) is 58.2 Å². The van der Waals surface area contributed by atoms with Gasteiger partial charge < -0.3 is 19.3 Å². The van der Waals surface area contributed by atoms with E-state index in [2.05, 4.69) is 27.7 Å². The molecule has 4 aliphatic carbocycles. The summed E-state index contributed by atoms with van der Waals surface area (Å²) in [6, 6.07) is 0. The molecule has 0 aromatic rings. The van der Waals surface area contributed by atoms with Gasteiger partial charge in [0.15, 0.2) is 5.79 Å². The predicted octanol–water partition coefficient (Wildman–Crippen LogP) is 4.80. The molecule has 1 N–H and O–H groups in total. The highest BCUT2D eigenvalue weighted by Gasteiger charge is 2.72. The molecule has 0 bridgehead atoms. The molecule has 6 fully saturated rings. The van der Waals surface area contributed by atoms with E-state index in [9.17, 15) is 9.90 Å². The van der Waals surface area contributed by atoms with Gasteiger partial charge in [0.05, 0.1) is 25.9 Å². The molecule has 5 nitrogen and oxygen atoms in total. The second-order valence-electron chi connectivity index (χ2n) is 13.3. The molecule has 186 valence electrons. The van der Waals surface area contributed by atoms with Gasteiger partial charge in [-0.25, -0.2) is 0 Å². The highest BCUT2D eigenvalue weighted by Crippen LogP contribution is 2.72. The number of rotatable bonds is 1. The summed E-state index contributed by atoms with van der Waals surface area (Å²) in [6.07, 6.45) is 9.57. The SMILES string of the molecule is COC(=O)[C@@H]1[C@@H](C)CO[C@@]12O[C@H]1C[C@H]3[C@@H]4CC[C@@H]5C[C@H](O)CC[C@]5(C)[C@H]4CC[C@]3(C)[C@H]1[C@@H]2C. The van der Waals surface area contributed by atoms with Gasteiger partial charge in [0.1, 0.15) is 5.92 Å². The second-order valence-corrected chi connectivity index (χ2v) is 13.3. The second kappa shape index (κ2) is 7.43. The van der Waals surface area contributed by atoms with Crippen LogP contribution in [-0.4, -0.2) is 42.8 Å². The number of esters is 1. The summed E-state index contributed by atoms with van der Waals surface area (Å²) in [6.45, 7) is 10.1. The molecule has 5 heteroatoms. The van der Waals surface area contributed by atoms with Crippen molar-refractivity contribution in [3.63, 3.8) is 0 Å². The first-order valence-electron chi connectivity index (χ1n) is 13.7. The number of carbonyl (C=O) groups excluding carboxylic acids is 1. The molecule has 2 heterocycles. The van der Waals surface area contributed by atoms with E-state index in [-0.39, 0.29) is 41.3 Å². The van der Waals surface area contributed by atoms with Gasteiger partial charge in [-0.3, -0.25) is 4.79 Å². The Balaban J connectivity index is 1.28. The lowest BCUT2D eigenvalue weighted by molar-refractivity contribution is -0.244. The maximum absolute atomic E-state index is 12.8. The Kier molecular flexibility index (Phi) is 5.13. The molecule has 6 rings (SSSR count). The molecule has 0 aromatic carbocycles. The zero-order chi connectivity index (χ0) is 23.3. The van der Waals surface area contributed by atoms with Crippen LogP contribution in [-0.2, 0) is 19.0 Å². The Morgan fingerprint density at radius 3 is 2.52 bits per heavy atom. The molecule has 1 spiro atoms. The van der Waals surface area contributed by atoms with Crippen LogP contribution in [0.5, 0.6) is 0 Å². The first-order valence-corrected chi connectivity index (χ1v) is 13.7. The van der Waals surface area contributed by atoms with Crippen molar-refractivity contribution in [2.45, 2.75) is 97.1 Å². The molecule has 0 unspecified atom stereocenters. The first kappa shape index (κ1) is 22.8. The maximum Gasteiger partial charge on any atom is 0.314 e. The lowest BCUT2D eigenvalue weighted by Gasteiger charge is -2.61. The lowest BCUT2D eigenvalue weighted by Crippen LogP contribution is -2.55. The topological polar surface area (TPSA) is 65.0 Å². The fourth-order valence-corrected chi connectivity index (χ4v) is 10.8. The number of ether oxygens (including phenoxy) is 3. The predicted molar refractivity (Wildman–Crippen MR) is 124 cm³/mol. The minimum Gasteiger partial charge on any atom is -0.469 e. The zero-order valence-electron chi connectivity index (χ0n) is 21.2. The van der Waals surface area contributed by atoms with Crippen molar-refractivity contribution in [3.05, 3.63) is 0 Å². The lowest BCUT2D eigenvalue weighted by atomic mass is 9.44. The van der Waals surface area contributed by atoms with Gasteiger partial charge in [-0.2, -0.15) is 0 Å². The smallest absolute Gasteiger partial charge is 0.314 e. The van der Waals surface area contributed by atoms with Crippen LogP contribution in [0.1, 0.15) is 79.1 Å². The van der Waals surface area contributed by atoms with Gasteiger partial charge >= 0.3 is 5.97 Å². The summed E-state index contributed by atoms with van der Waals surface area (Å²) >= 11 is 0. The van der Waals surface area contributed by atoms with Crippen LogP contribution in [0.4, 0.5) is 0 Å². The van der Waals surface area contributed by atoms with Crippen molar-refractivity contribution in [3.8, 4) is 0 Å². The van der Waals surface area contributed by atoms with E-state index >= 15 is 0 Å². The summed E-state index contributed by atoms with van der Waals surface area (Å²) in [5, 5.41) is 10.3. The average molecular weight is 461 g/mol. The summed E-state index contributed by atoms with van der Waals surface area (Å²) < 4.78 is 18.5. The van der Waals surface area contributed by atoms with Gasteiger partial charge in [-0.15, -0.1) is 0 Å². The monoisotopic (exact) mass is 460 g/mol. The minimum absolute atomic E-state index is 0.0821. The standard InChI is InChI=1S/C28H44O5/c1-15-14-32-28(23(15)25(30)31-5)16(2)24-22(33-28)13-21-19-7-6-17-12-18(29)8-10-26(17,3)20(19)9-11-27(21,24)4/h15-24,29H,6-14H2,1-5H3/t15-,16-,17+,18+,19+,20-,21-,22-,23-,24-,26-,27-,28-/m0/s1. The Labute approximate surface area is 199 Å². The molecular formula is C28H44O5. The molecule has 2 aliphatic heterocycles. The number of aliphatic hydroxyl groups excluding tert-OH is 1. The van der Waals surface area contributed by atoms with Crippen LogP contribution in [0.25, 0.3) is 0 Å². The molecule has 4 saturated carbocycles. The fraction of sp³-hybridized carbons (Fsp3) is 0.964. The molecule has 6 aliphatic rings. The summed E-state index contributed by atoms with van der Waals surface area (Å²) in [7, 11) is 1.49. The van der Waals surface area contributed by atoms with Gasteiger partial charge in [0.25, 0.3) is 0 Å². The van der Waals surface area contributed by atoms with E-state index in [1.165, 1.54) is 39.2 Å². The van der Waals surface area contributed by atoms with Crippen LogP contribution in [0.15, 0.2) is 0 Å². The van der Waals surface area contributed by atoms with Crippen molar-refractivity contribution in [1.82, 2.24) is 0 Å². The van der Waals surface area contributed by atoms with Crippen LogP contribution in [0.2, 0.25) is 0 Å². The van der Waals surface area contributed by atoms with Gasteiger partial charge in [0, 0.05) is 5.92 Å². The molecule has 13 atom stereocenters. The van der Waals surface area contributed by atoms with Gasteiger partial charge in [-0.05, 0) is 97.7 Å². The van der Waals surface area contributed by atoms with Gasteiger partial charge in [0.2, 0.25) is 0 Å². The van der Waals surface area contributed by atoms with Crippen molar-refractivity contribution in [2.24, 2.45) is 58.2 Å². The number of hydrogen-bond acceptors (Lipinski definition) is 5. The third-order valence-corrected chi connectivity index (χ3v) is 12.3. The average Bonchev–Trinajstić information content (AvgIpc) is 3.37. The van der Waals surface area contributed by atoms with E-state index in [0.717, 1.165) is 31.1 Å². The number of carbonyl (C=O) groups is 1. The van der Waals surface area contributed by atoms with E-state index in [0.29, 0.717) is 29.8 Å². The van der Waals surface area contributed by atoms with Crippen molar-refractivity contribution in [1.29, 1.82) is 0 Å². The zero-order valence-corrected chi connectivity index (χ0v) is 21.2. The Morgan fingerprint density at radius 2 is 1.76 bits per heavy atom. The molecule has 0 aromatic heterocycles. The Hall–Kier alpha value is -0.650. The first-order chi connectivity index (χ1) is 15.7. The quantitative estimate of drug-likeness (QED) is 0.569. The minimum atomic E-state index is -0.810. The van der Waals surface area contributed by atoms with Crippen molar-refractivity contribution < 1.29 is 24.1 Å². The third-order valence-electron chi connectivity index (χ3n) is 12.3. The van der Waals surface area contributed by atoms with E-state index in [1.54, 1.807) is 0 Å². The largest absolute Gasteiger partial charge is 0.469 e. The summed E-state index contributed by atoms with van der Waals surface area (Å²) in [4.78, 5) is 12.8. The maximum atomic E-state index is 12.8. The van der Waals surface area contributed by atoms with E-state index in [1.807, 2.05) is 0 Å². The number of fused-ring (bicyclic) bond motifs is 7. The fourth-order valence-electron chi connectivity index (χ4n) is 10.8. The molecular weight excluding hydrogens is 416 g/mol. The summed E-state index contributed by atoms with van der Waals surface area (Å²) in [5.41, 5.74) is 0.650. The van der Waals surface area contributed by atoms with Crippen molar-refractivity contribution >= 4 is 5.97 Å². The molecule has 33 heavy (non-hydrogen) atoms. The third kappa shape index (κ3) is 2.85. The Bertz CT molecular complexity index is 814. The highest BCUT2D eigenvalue weighted by molar-refractivity contribution is 5.74. The number of hydrogen-bond donors (Lipinski definition) is 1. The number of methoxy groups -OCH3 is 1. The number of aliphatic hydroxyl groups is 1. The van der Waals surface area contributed by atoms with E-state index in [4.69, 9.17) is 14.2 Å². The van der Waals surface area contributed by atoms with Crippen LogP contribution >= 0.6 is 0 Å². The Morgan fingerprint density at radius 1 is 1.00 bits per heavy atom. The summed E-state index contributed by atoms with van der Waals surface area (Å²) in [5.74, 6) is 2.40. The van der Waals surface area contributed by atoms with Gasteiger partial charge in [-0.1, -0.05) is 27.7 Å². The normalized spacial score (nSPS) is 59.6. The van der Waals surface area contributed by atoms with Crippen molar-refractivity contribution in [2.75, 3.05) is 13.7 Å². The van der Waals surface area contributed by atoms with Crippen LogP contribution < -0.4 is 0 Å². The highest BCUT2D eigenvalue weighted by atomic mass is 16.7. The molecule has 0 radical (unpaired) electrons. The van der Waals surface area contributed by atoms with E-state index < -0.39 is 5.79 Å².